The van der Waals surface area contributed by atoms with Gasteiger partial charge in [-0.1, -0.05) is 6.07 Å². The zero-order chi connectivity index (χ0) is 17.7. The summed E-state index contributed by atoms with van der Waals surface area (Å²) >= 11 is 0. The van der Waals surface area contributed by atoms with Crippen LogP contribution in [0.4, 0.5) is 5.69 Å². The SMILES string of the molecule is Cc1cc(-c2nc(C)n3c2cnc2[nH]ccc23)ccc1N1CCOCC1. The van der Waals surface area contributed by atoms with Crippen molar-refractivity contribution in [2.45, 2.75) is 13.8 Å². The van der Waals surface area contributed by atoms with Gasteiger partial charge in [-0.15, -0.1) is 0 Å². The van der Waals surface area contributed by atoms with Crippen molar-refractivity contribution in [1.82, 2.24) is 19.4 Å². The first kappa shape index (κ1) is 15.4. The van der Waals surface area contributed by atoms with Gasteiger partial charge in [0.15, 0.2) is 5.65 Å². The van der Waals surface area contributed by atoms with Crippen LogP contribution >= 0.6 is 0 Å². The van der Waals surface area contributed by atoms with Gasteiger partial charge in [-0.2, -0.15) is 0 Å². The van der Waals surface area contributed by atoms with E-state index in [1.807, 2.05) is 25.4 Å². The molecule has 1 fully saturated rings. The Hall–Kier alpha value is -2.86. The van der Waals surface area contributed by atoms with Gasteiger partial charge in [0.2, 0.25) is 0 Å². The van der Waals surface area contributed by atoms with Crippen molar-refractivity contribution in [3.05, 3.63) is 48.0 Å². The molecule has 3 aromatic heterocycles. The number of aryl methyl sites for hydroxylation is 2. The molecule has 0 atom stereocenters. The Morgan fingerprint density at radius 2 is 1.92 bits per heavy atom. The third-order valence-corrected chi connectivity index (χ3v) is 5.16. The van der Waals surface area contributed by atoms with Gasteiger partial charge in [-0.3, -0.25) is 4.40 Å². The average Bonchev–Trinajstić information content (AvgIpc) is 3.26. The van der Waals surface area contributed by atoms with Crippen molar-refractivity contribution < 1.29 is 4.74 Å². The number of morpholine rings is 1. The van der Waals surface area contributed by atoms with Gasteiger partial charge in [0, 0.05) is 30.5 Å². The molecule has 0 radical (unpaired) electrons. The summed E-state index contributed by atoms with van der Waals surface area (Å²) in [5, 5.41) is 0. The molecule has 1 N–H and O–H groups in total. The minimum atomic E-state index is 0.796. The van der Waals surface area contributed by atoms with Crippen molar-refractivity contribution in [2.75, 3.05) is 31.2 Å². The Labute approximate surface area is 151 Å². The number of ether oxygens (including phenoxy) is 1. The number of fused-ring (bicyclic) bond motifs is 3. The van der Waals surface area contributed by atoms with E-state index in [0.717, 1.165) is 60.1 Å². The summed E-state index contributed by atoms with van der Waals surface area (Å²) in [6.07, 6.45) is 3.82. The molecule has 1 aliphatic rings. The molecular formula is C20H21N5O. The van der Waals surface area contributed by atoms with Gasteiger partial charge in [-0.05, 0) is 37.6 Å². The average molecular weight is 347 g/mol. The van der Waals surface area contributed by atoms with Gasteiger partial charge in [0.05, 0.1) is 36.1 Å². The number of rotatable bonds is 2. The zero-order valence-electron chi connectivity index (χ0n) is 15.0. The highest BCUT2D eigenvalue weighted by Gasteiger charge is 2.17. The van der Waals surface area contributed by atoms with Crippen LogP contribution in [0, 0.1) is 13.8 Å². The second kappa shape index (κ2) is 5.85. The lowest BCUT2D eigenvalue weighted by atomic mass is 10.1. The first-order valence-corrected chi connectivity index (χ1v) is 8.97. The van der Waals surface area contributed by atoms with E-state index in [4.69, 9.17) is 9.72 Å². The van der Waals surface area contributed by atoms with Crippen LogP contribution in [0.1, 0.15) is 11.4 Å². The minimum Gasteiger partial charge on any atom is -0.378 e. The topological polar surface area (TPSA) is 58.5 Å². The second-order valence-corrected chi connectivity index (χ2v) is 6.80. The van der Waals surface area contributed by atoms with E-state index in [-0.39, 0.29) is 0 Å². The first-order valence-electron chi connectivity index (χ1n) is 8.97. The van der Waals surface area contributed by atoms with Crippen molar-refractivity contribution in [2.24, 2.45) is 0 Å². The molecule has 0 spiro atoms. The smallest absolute Gasteiger partial charge is 0.154 e. The maximum atomic E-state index is 5.47. The lowest BCUT2D eigenvalue weighted by molar-refractivity contribution is 0.122. The van der Waals surface area contributed by atoms with Crippen LogP contribution in [0.5, 0.6) is 0 Å². The normalized spacial score (nSPS) is 15.2. The first-order chi connectivity index (χ1) is 12.7. The third kappa shape index (κ3) is 2.29. The fraction of sp³-hybridized carbons (Fsp3) is 0.300. The summed E-state index contributed by atoms with van der Waals surface area (Å²) in [5.74, 6) is 0.969. The molecule has 1 aromatic carbocycles. The minimum absolute atomic E-state index is 0.796. The maximum absolute atomic E-state index is 5.47. The molecule has 1 saturated heterocycles. The fourth-order valence-corrected chi connectivity index (χ4v) is 3.91. The van der Waals surface area contributed by atoms with Gasteiger partial charge >= 0.3 is 0 Å². The molecule has 5 rings (SSSR count). The molecule has 0 saturated carbocycles. The Balaban J connectivity index is 1.62. The summed E-state index contributed by atoms with van der Waals surface area (Å²) < 4.78 is 7.64. The molecule has 4 aromatic rings. The van der Waals surface area contributed by atoms with E-state index >= 15 is 0 Å². The number of nitrogens with zero attached hydrogens (tertiary/aromatic N) is 4. The standard InChI is InChI=1S/C20H21N5O/c1-13-11-15(3-4-16(13)24-7-9-26-10-8-24)19-18-12-22-20-17(5-6-21-20)25(18)14(2)23-19/h3-6,11-12,21H,7-10H2,1-2H3. The number of H-pyrrole nitrogens is 1. The summed E-state index contributed by atoms with van der Waals surface area (Å²) in [5.41, 5.74) is 7.62. The summed E-state index contributed by atoms with van der Waals surface area (Å²) in [6.45, 7) is 7.69. The van der Waals surface area contributed by atoms with E-state index in [1.54, 1.807) is 0 Å². The molecule has 0 unspecified atom stereocenters. The molecule has 132 valence electrons. The largest absolute Gasteiger partial charge is 0.378 e. The number of aromatic nitrogens is 4. The lowest BCUT2D eigenvalue weighted by Crippen LogP contribution is -2.36. The zero-order valence-corrected chi connectivity index (χ0v) is 15.0. The maximum Gasteiger partial charge on any atom is 0.154 e. The Morgan fingerprint density at radius 3 is 2.73 bits per heavy atom. The number of benzene rings is 1. The highest BCUT2D eigenvalue weighted by Crippen LogP contribution is 2.31. The van der Waals surface area contributed by atoms with Crippen LogP contribution in [-0.2, 0) is 4.74 Å². The highest BCUT2D eigenvalue weighted by atomic mass is 16.5. The van der Waals surface area contributed by atoms with Gasteiger partial charge in [0.25, 0.3) is 0 Å². The molecule has 1 aliphatic heterocycles. The predicted octanol–water partition coefficient (Wildman–Crippen LogP) is 3.33. The second-order valence-electron chi connectivity index (χ2n) is 6.80. The Morgan fingerprint density at radius 1 is 1.08 bits per heavy atom. The van der Waals surface area contributed by atoms with Crippen molar-refractivity contribution in [3.8, 4) is 11.3 Å². The predicted molar refractivity (Wildman–Crippen MR) is 103 cm³/mol. The van der Waals surface area contributed by atoms with E-state index in [2.05, 4.69) is 44.4 Å². The molecule has 0 bridgehead atoms. The molecule has 6 heteroatoms. The fourth-order valence-electron chi connectivity index (χ4n) is 3.91. The van der Waals surface area contributed by atoms with Crippen LogP contribution in [0.3, 0.4) is 0 Å². The van der Waals surface area contributed by atoms with Crippen LogP contribution < -0.4 is 4.90 Å². The van der Waals surface area contributed by atoms with Crippen LogP contribution in [0.15, 0.2) is 36.7 Å². The van der Waals surface area contributed by atoms with Crippen LogP contribution in [0.2, 0.25) is 0 Å². The Bertz CT molecular complexity index is 1100. The quantitative estimate of drug-likeness (QED) is 0.604. The number of nitrogens with one attached hydrogen (secondary N) is 1. The molecule has 26 heavy (non-hydrogen) atoms. The summed E-state index contributed by atoms with van der Waals surface area (Å²) in [7, 11) is 0. The van der Waals surface area contributed by atoms with Crippen molar-refractivity contribution in [3.63, 3.8) is 0 Å². The summed E-state index contributed by atoms with van der Waals surface area (Å²) in [6, 6.07) is 8.65. The lowest BCUT2D eigenvalue weighted by Gasteiger charge is -2.30. The van der Waals surface area contributed by atoms with Gasteiger partial charge in [0.1, 0.15) is 5.82 Å². The number of hydrogen-bond donors (Lipinski definition) is 1. The van der Waals surface area contributed by atoms with Crippen LogP contribution in [0.25, 0.3) is 27.9 Å². The summed E-state index contributed by atoms with van der Waals surface area (Å²) in [4.78, 5) is 15.0. The third-order valence-electron chi connectivity index (χ3n) is 5.16. The molecule has 6 nitrogen and oxygen atoms in total. The highest BCUT2D eigenvalue weighted by molar-refractivity contribution is 5.84. The van der Waals surface area contributed by atoms with Crippen molar-refractivity contribution in [1.29, 1.82) is 0 Å². The number of imidazole rings is 1. The molecule has 4 heterocycles. The Kier molecular flexibility index (Phi) is 3.46. The van der Waals surface area contributed by atoms with Gasteiger partial charge in [-0.25, -0.2) is 9.97 Å². The number of aromatic amines is 1. The molecular weight excluding hydrogens is 326 g/mol. The van der Waals surface area contributed by atoms with Gasteiger partial charge < -0.3 is 14.6 Å². The molecule has 0 aliphatic carbocycles. The van der Waals surface area contributed by atoms with E-state index in [1.165, 1.54) is 11.3 Å². The monoisotopic (exact) mass is 347 g/mol. The van der Waals surface area contributed by atoms with Crippen LogP contribution in [-0.4, -0.2) is 45.7 Å². The van der Waals surface area contributed by atoms with E-state index in [9.17, 15) is 0 Å². The number of anilines is 1. The number of hydrogen-bond acceptors (Lipinski definition) is 4. The van der Waals surface area contributed by atoms with Crippen molar-refractivity contribution >= 4 is 22.4 Å². The molecule has 0 amide bonds. The van der Waals surface area contributed by atoms with E-state index < -0.39 is 0 Å². The van der Waals surface area contributed by atoms with E-state index in [0.29, 0.717) is 0 Å².